The number of aromatic hydroxyl groups is 1. The van der Waals surface area contributed by atoms with Gasteiger partial charge in [0.15, 0.2) is 0 Å². The van der Waals surface area contributed by atoms with Gasteiger partial charge in [0.05, 0.1) is 0 Å². The van der Waals surface area contributed by atoms with E-state index in [0.717, 1.165) is 32.4 Å². The topological polar surface area (TPSA) is 73.8 Å². The van der Waals surface area contributed by atoms with Crippen LogP contribution in [0.15, 0.2) is 18.2 Å². The lowest BCUT2D eigenvalue weighted by Gasteiger charge is -2.55. The van der Waals surface area contributed by atoms with Gasteiger partial charge >= 0.3 is 6.09 Å². The molecule has 2 fully saturated rings. The fraction of sp³-hybridized carbons (Fsp3) is 0.708. The van der Waals surface area contributed by atoms with Crippen molar-refractivity contribution in [2.24, 2.45) is 5.41 Å². The molecular weight excluding hydrogens is 378 g/mol. The average Bonchev–Trinajstić information content (AvgIpc) is 2.78. The van der Waals surface area contributed by atoms with E-state index in [1.807, 2.05) is 32.9 Å². The van der Waals surface area contributed by atoms with Crippen LogP contribution in [0.4, 0.5) is 4.79 Å². The maximum absolute atomic E-state index is 11.8. The standard InChI is InChI=1S/C24H37N3O3/c1-22(2,3)30-21(29)26-11-7-6-10-25-19-20-24(15-27(20)5)13-16-8-9-17(28)12-18(16)23(19,4)14-24/h8-9,12,19-20,25,28H,6-7,10-11,13-15H2,1-5H3,(H,26,29)/t19-,20-,23?,24?/m0/s1. The van der Waals surface area contributed by atoms with Gasteiger partial charge in [-0.05, 0) is 83.3 Å². The molecule has 1 aromatic carbocycles. The molecule has 3 aliphatic rings. The average molecular weight is 416 g/mol. The molecule has 0 aromatic heterocycles. The Labute approximate surface area is 180 Å². The van der Waals surface area contributed by atoms with Crippen molar-refractivity contribution in [1.29, 1.82) is 0 Å². The number of likely N-dealkylation sites (tertiary alicyclic amines) is 1. The maximum Gasteiger partial charge on any atom is 0.407 e. The summed E-state index contributed by atoms with van der Waals surface area (Å²) in [5.41, 5.74) is 2.67. The van der Waals surface area contributed by atoms with Crippen LogP contribution in [0.3, 0.4) is 0 Å². The minimum absolute atomic E-state index is 0.0382. The summed E-state index contributed by atoms with van der Waals surface area (Å²) < 4.78 is 5.28. The molecule has 0 radical (unpaired) electrons. The second kappa shape index (κ2) is 7.41. The molecule has 6 nitrogen and oxygen atoms in total. The highest BCUT2D eigenvalue weighted by molar-refractivity contribution is 5.67. The zero-order valence-electron chi connectivity index (χ0n) is 19.0. The highest BCUT2D eigenvalue weighted by Crippen LogP contribution is 2.63. The zero-order valence-corrected chi connectivity index (χ0v) is 19.0. The van der Waals surface area contributed by atoms with E-state index >= 15 is 0 Å². The van der Waals surface area contributed by atoms with E-state index in [-0.39, 0.29) is 11.5 Å². The number of phenols is 1. The summed E-state index contributed by atoms with van der Waals surface area (Å²) in [6.07, 6.45) is 3.87. The first kappa shape index (κ1) is 21.4. The minimum atomic E-state index is -0.461. The Morgan fingerprint density at radius 2 is 2.03 bits per heavy atom. The largest absolute Gasteiger partial charge is 0.508 e. The number of carbonyl (C=O) groups is 1. The Morgan fingerprint density at radius 1 is 1.30 bits per heavy atom. The normalized spacial score (nSPS) is 32.2. The van der Waals surface area contributed by atoms with Crippen molar-refractivity contribution in [3.05, 3.63) is 29.3 Å². The fourth-order valence-corrected chi connectivity index (χ4v) is 6.47. The summed E-state index contributed by atoms with van der Waals surface area (Å²) in [7, 11) is 2.24. The number of nitrogens with one attached hydrogen (secondary N) is 2. The van der Waals surface area contributed by atoms with Crippen molar-refractivity contribution < 1.29 is 14.6 Å². The summed E-state index contributed by atoms with van der Waals surface area (Å²) in [4.78, 5) is 14.3. The molecule has 6 heteroatoms. The van der Waals surface area contributed by atoms with Crippen LogP contribution in [0.2, 0.25) is 0 Å². The van der Waals surface area contributed by atoms with Crippen molar-refractivity contribution >= 4 is 6.09 Å². The maximum atomic E-state index is 11.8. The van der Waals surface area contributed by atoms with E-state index in [1.54, 1.807) is 0 Å². The van der Waals surface area contributed by atoms with Gasteiger partial charge in [-0.3, -0.25) is 0 Å². The number of nitrogens with zero attached hydrogens (tertiary/aromatic N) is 1. The van der Waals surface area contributed by atoms with E-state index < -0.39 is 5.60 Å². The van der Waals surface area contributed by atoms with Gasteiger partial charge in [-0.25, -0.2) is 4.79 Å². The molecule has 1 aliphatic heterocycles. The molecule has 2 bridgehead atoms. The lowest BCUT2D eigenvalue weighted by atomic mass is 9.63. The van der Waals surface area contributed by atoms with E-state index in [1.165, 1.54) is 17.5 Å². The predicted molar refractivity (Wildman–Crippen MR) is 118 cm³/mol. The van der Waals surface area contributed by atoms with Gasteiger partial charge in [-0.2, -0.15) is 0 Å². The molecule has 1 aromatic rings. The molecule has 1 amide bonds. The SMILES string of the molecule is CN1CC23Cc4ccc(O)cc4C(C)(C2)[C@@H](NCCCCNC(=O)OC(C)(C)C)[C@H]13. The van der Waals surface area contributed by atoms with Gasteiger partial charge in [0, 0.05) is 36.0 Å². The molecule has 2 unspecified atom stereocenters. The van der Waals surface area contributed by atoms with Crippen LogP contribution >= 0.6 is 0 Å². The number of unbranched alkanes of at least 4 members (excludes halogenated alkanes) is 1. The molecule has 1 saturated heterocycles. The van der Waals surface area contributed by atoms with Crippen molar-refractivity contribution in [3.8, 4) is 5.75 Å². The molecule has 4 rings (SSSR count). The molecular formula is C24H37N3O3. The minimum Gasteiger partial charge on any atom is -0.508 e. The Bertz CT molecular complexity index is 820. The van der Waals surface area contributed by atoms with Crippen LogP contribution < -0.4 is 10.6 Å². The number of carbonyl (C=O) groups excluding carboxylic acids is 1. The fourth-order valence-electron chi connectivity index (χ4n) is 6.47. The number of hydrogen-bond donors (Lipinski definition) is 3. The summed E-state index contributed by atoms with van der Waals surface area (Å²) in [6.45, 7) is 10.7. The van der Waals surface area contributed by atoms with Crippen molar-refractivity contribution in [1.82, 2.24) is 15.5 Å². The first-order valence-corrected chi connectivity index (χ1v) is 11.3. The predicted octanol–water partition coefficient (Wildman–Crippen LogP) is 3.17. The number of benzene rings is 1. The molecule has 166 valence electrons. The van der Waals surface area contributed by atoms with Gasteiger partial charge in [-0.1, -0.05) is 13.0 Å². The van der Waals surface area contributed by atoms with Crippen LogP contribution in [0.1, 0.15) is 58.1 Å². The zero-order chi connectivity index (χ0) is 21.7. The second-order valence-corrected chi connectivity index (χ2v) is 10.9. The molecule has 1 heterocycles. The third kappa shape index (κ3) is 3.69. The number of amides is 1. The summed E-state index contributed by atoms with van der Waals surface area (Å²) in [6, 6.07) is 6.87. The van der Waals surface area contributed by atoms with Gasteiger partial charge < -0.3 is 25.4 Å². The molecule has 1 spiro atoms. The first-order chi connectivity index (χ1) is 14.0. The van der Waals surface area contributed by atoms with Gasteiger partial charge in [0.1, 0.15) is 11.4 Å². The molecule has 4 atom stereocenters. The Hall–Kier alpha value is -1.79. The third-order valence-corrected chi connectivity index (χ3v) is 7.28. The van der Waals surface area contributed by atoms with E-state index in [2.05, 4.69) is 35.6 Å². The quantitative estimate of drug-likeness (QED) is 0.623. The number of rotatable bonds is 6. The Balaban J connectivity index is 1.35. The molecule has 30 heavy (non-hydrogen) atoms. The van der Waals surface area contributed by atoms with Crippen LogP contribution in [-0.2, 0) is 16.6 Å². The van der Waals surface area contributed by atoms with Gasteiger partial charge in [0.25, 0.3) is 0 Å². The summed E-state index contributed by atoms with van der Waals surface area (Å²) in [5, 5.41) is 16.8. The monoisotopic (exact) mass is 415 g/mol. The molecule has 3 N–H and O–H groups in total. The molecule has 1 saturated carbocycles. The van der Waals surface area contributed by atoms with Crippen LogP contribution in [-0.4, -0.2) is 60.5 Å². The van der Waals surface area contributed by atoms with E-state index in [0.29, 0.717) is 29.8 Å². The van der Waals surface area contributed by atoms with Crippen LogP contribution in [0, 0.1) is 5.41 Å². The number of hydrogen-bond acceptors (Lipinski definition) is 5. The van der Waals surface area contributed by atoms with E-state index in [4.69, 9.17) is 4.74 Å². The van der Waals surface area contributed by atoms with Gasteiger partial charge in [-0.15, -0.1) is 0 Å². The van der Waals surface area contributed by atoms with Crippen molar-refractivity contribution in [3.63, 3.8) is 0 Å². The lowest BCUT2D eigenvalue weighted by Crippen LogP contribution is -2.66. The molecule has 2 aliphatic carbocycles. The van der Waals surface area contributed by atoms with Crippen molar-refractivity contribution in [2.45, 2.75) is 76.5 Å². The van der Waals surface area contributed by atoms with E-state index in [9.17, 15) is 9.90 Å². The second-order valence-electron chi connectivity index (χ2n) is 10.9. The number of likely N-dealkylation sites (N-methyl/N-ethyl adjacent to an activating group) is 1. The lowest BCUT2D eigenvalue weighted by molar-refractivity contribution is -0.0420. The van der Waals surface area contributed by atoms with Crippen molar-refractivity contribution in [2.75, 3.05) is 26.7 Å². The smallest absolute Gasteiger partial charge is 0.407 e. The van der Waals surface area contributed by atoms with Gasteiger partial charge in [0.2, 0.25) is 0 Å². The number of phenolic OH excluding ortho intramolecular Hbond substituents is 1. The first-order valence-electron chi connectivity index (χ1n) is 11.3. The van der Waals surface area contributed by atoms with Crippen LogP contribution in [0.25, 0.3) is 0 Å². The highest BCUT2D eigenvalue weighted by Gasteiger charge is 2.68. The third-order valence-electron chi connectivity index (χ3n) is 7.28. The number of fused-ring (bicyclic) bond motifs is 3. The summed E-state index contributed by atoms with van der Waals surface area (Å²) >= 11 is 0. The Kier molecular flexibility index (Phi) is 5.30. The highest BCUT2D eigenvalue weighted by atomic mass is 16.6. The Morgan fingerprint density at radius 3 is 2.73 bits per heavy atom. The summed E-state index contributed by atoms with van der Waals surface area (Å²) in [5.74, 6) is 0.366. The number of alkyl carbamates (subject to hydrolysis) is 1. The number of ether oxygens (including phenoxy) is 1. The van der Waals surface area contributed by atoms with Crippen LogP contribution in [0.5, 0.6) is 5.75 Å².